The van der Waals surface area contributed by atoms with Crippen LogP contribution in [0.25, 0.3) is 0 Å². The third kappa shape index (κ3) is 4.50. The average Bonchev–Trinajstić information content (AvgIpc) is 2.37. The second kappa shape index (κ2) is 6.71. The highest BCUT2D eigenvalue weighted by Gasteiger charge is 2.13. The molecule has 0 aromatic heterocycles. The molecule has 0 spiro atoms. The van der Waals surface area contributed by atoms with Crippen LogP contribution in [0.5, 0.6) is 0 Å². The molecule has 0 aliphatic carbocycles. The number of amides is 1. The van der Waals surface area contributed by atoms with Gasteiger partial charge in [0.25, 0.3) is 5.91 Å². The van der Waals surface area contributed by atoms with E-state index in [0.29, 0.717) is 17.9 Å². The molecule has 1 aromatic rings. The van der Waals surface area contributed by atoms with E-state index in [-0.39, 0.29) is 11.9 Å². The molecule has 0 bridgehead atoms. The number of ether oxygens (including phenoxy) is 1. The second-order valence-corrected chi connectivity index (χ2v) is 6.62. The quantitative estimate of drug-likeness (QED) is 0.845. The number of benzene rings is 1. The number of methoxy groups -OCH3 is 1. The van der Waals surface area contributed by atoms with Gasteiger partial charge in [0.15, 0.2) is 0 Å². The van der Waals surface area contributed by atoms with Gasteiger partial charge in [-0.05, 0) is 31.2 Å². The Morgan fingerprint density at radius 1 is 1.35 bits per heavy atom. The number of rotatable bonds is 6. The van der Waals surface area contributed by atoms with Gasteiger partial charge >= 0.3 is 0 Å². The number of hydrogen-bond acceptors (Lipinski definition) is 4. The van der Waals surface area contributed by atoms with Crippen LogP contribution in [0.15, 0.2) is 24.3 Å². The van der Waals surface area contributed by atoms with Crippen LogP contribution in [0.2, 0.25) is 0 Å². The summed E-state index contributed by atoms with van der Waals surface area (Å²) in [6.07, 6.45) is 1.13. The number of sulfonamides is 1. The maximum Gasteiger partial charge on any atom is 0.251 e. The second-order valence-electron chi connectivity index (χ2n) is 4.61. The first-order chi connectivity index (χ1) is 9.25. The zero-order valence-electron chi connectivity index (χ0n) is 12.1. The van der Waals surface area contributed by atoms with Gasteiger partial charge in [-0.3, -0.25) is 9.10 Å². The summed E-state index contributed by atoms with van der Waals surface area (Å²) in [5.41, 5.74) is 0.979. The maximum atomic E-state index is 11.9. The van der Waals surface area contributed by atoms with Crippen molar-refractivity contribution in [1.29, 1.82) is 0 Å². The number of nitrogens with zero attached hydrogens (tertiary/aromatic N) is 1. The lowest BCUT2D eigenvalue weighted by Gasteiger charge is -2.17. The minimum Gasteiger partial charge on any atom is -0.383 e. The van der Waals surface area contributed by atoms with Crippen LogP contribution in [0.3, 0.4) is 0 Å². The van der Waals surface area contributed by atoms with Crippen molar-refractivity contribution in [2.45, 2.75) is 13.0 Å². The normalized spacial score (nSPS) is 12.8. The Bertz CT molecular complexity index is 554. The number of carbonyl (C=O) groups excluding carboxylic acids is 1. The SMILES string of the molecule is COCC(C)NC(=O)c1ccc(N(C)S(C)(=O)=O)cc1. The molecule has 1 amide bonds. The van der Waals surface area contributed by atoms with Gasteiger partial charge in [0.2, 0.25) is 10.0 Å². The molecule has 0 saturated heterocycles. The molecule has 1 atom stereocenters. The van der Waals surface area contributed by atoms with E-state index in [2.05, 4.69) is 5.32 Å². The van der Waals surface area contributed by atoms with E-state index in [0.717, 1.165) is 10.6 Å². The Morgan fingerprint density at radius 2 is 1.90 bits per heavy atom. The van der Waals surface area contributed by atoms with E-state index < -0.39 is 10.0 Å². The fourth-order valence-corrected chi connectivity index (χ4v) is 2.12. The topological polar surface area (TPSA) is 75.7 Å². The number of carbonyl (C=O) groups is 1. The van der Waals surface area contributed by atoms with E-state index in [9.17, 15) is 13.2 Å². The first-order valence-corrected chi connectivity index (χ1v) is 7.94. The number of anilines is 1. The molecule has 0 saturated carbocycles. The van der Waals surface area contributed by atoms with Gasteiger partial charge in [-0.2, -0.15) is 0 Å². The zero-order valence-corrected chi connectivity index (χ0v) is 12.9. The molecule has 1 N–H and O–H groups in total. The largest absolute Gasteiger partial charge is 0.383 e. The maximum absolute atomic E-state index is 11.9. The fraction of sp³-hybridized carbons (Fsp3) is 0.462. The molecular weight excluding hydrogens is 280 g/mol. The monoisotopic (exact) mass is 300 g/mol. The Morgan fingerprint density at radius 3 is 2.35 bits per heavy atom. The molecule has 0 heterocycles. The van der Waals surface area contributed by atoms with Crippen LogP contribution >= 0.6 is 0 Å². The Labute approximate surface area is 119 Å². The number of hydrogen-bond donors (Lipinski definition) is 1. The predicted octanol–water partition coefficient (Wildman–Crippen LogP) is 0.847. The highest BCUT2D eigenvalue weighted by Crippen LogP contribution is 2.16. The highest BCUT2D eigenvalue weighted by atomic mass is 32.2. The van der Waals surface area contributed by atoms with Gasteiger partial charge in [-0.15, -0.1) is 0 Å². The van der Waals surface area contributed by atoms with Crippen LogP contribution in [0, 0.1) is 0 Å². The van der Waals surface area contributed by atoms with Gasteiger partial charge in [0.05, 0.1) is 18.6 Å². The molecule has 0 aliphatic heterocycles. The number of nitrogens with one attached hydrogen (secondary N) is 1. The molecule has 1 unspecified atom stereocenters. The van der Waals surface area contributed by atoms with Crippen molar-refractivity contribution in [2.24, 2.45) is 0 Å². The van der Waals surface area contributed by atoms with E-state index in [1.807, 2.05) is 6.92 Å². The van der Waals surface area contributed by atoms with Crippen molar-refractivity contribution in [2.75, 3.05) is 31.3 Å². The zero-order chi connectivity index (χ0) is 15.3. The van der Waals surface area contributed by atoms with Gasteiger partial charge in [0, 0.05) is 25.8 Å². The molecule has 112 valence electrons. The Balaban J connectivity index is 2.79. The third-order valence-corrected chi connectivity index (χ3v) is 3.99. The van der Waals surface area contributed by atoms with Crippen LogP contribution in [0.4, 0.5) is 5.69 Å². The van der Waals surface area contributed by atoms with Gasteiger partial charge in [-0.25, -0.2) is 8.42 Å². The molecule has 0 aliphatic rings. The first-order valence-electron chi connectivity index (χ1n) is 6.09. The molecule has 20 heavy (non-hydrogen) atoms. The van der Waals surface area contributed by atoms with Gasteiger partial charge in [0.1, 0.15) is 0 Å². The van der Waals surface area contributed by atoms with Crippen LogP contribution in [0.1, 0.15) is 17.3 Å². The molecule has 7 heteroatoms. The summed E-state index contributed by atoms with van der Waals surface area (Å²) < 4.78 is 28.9. The van der Waals surface area contributed by atoms with Crippen molar-refractivity contribution >= 4 is 21.6 Å². The molecular formula is C13H20N2O4S. The van der Waals surface area contributed by atoms with Gasteiger partial charge in [-0.1, -0.05) is 0 Å². The third-order valence-electron chi connectivity index (χ3n) is 2.78. The molecule has 6 nitrogen and oxygen atoms in total. The highest BCUT2D eigenvalue weighted by molar-refractivity contribution is 7.92. The summed E-state index contributed by atoms with van der Waals surface area (Å²) in [5, 5.41) is 2.78. The summed E-state index contributed by atoms with van der Waals surface area (Å²) >= 11 is 0. The smallest absolute Gasteiger partial charge is 0.251 e. The summed E-state index contributed by atoms with van der Waals surface area (Å²) in [6.45, 7) is 2.27. The van der Waals surface area contributed by atoms with Crippen molar-refractivity contribution in [3.63, 3.8) is 0 Å². The lowest BCUT2D eigenvalue weighted by Crippen LogP contribution is -2.35. The van der Waals surface area contributed by atoms with E-state index in [4.69, 9.17) is 4.74 Å². The van der Waals surface area contributed by atoms with Crippen molar-refractivity contribution in [3.8, 4) is 0 Å². The molecule has 0 radical (unpaired) electrons. The van der Waals surface area contributed by atoms with E-state index in [1.54, 1.807) is 31.4 Å². The summed E-state index contributed by atoms with van der Waals surface area (Å²) in [6, 6.07) is 6.27. The van der Waals surface area contributed by atoms with Crippen LogP contribution in [-0.2, 0) is 14.8 Å². The molecule has 1 rings (SSSR count). The summed E-state index contributed by atoms with van der Waals surface area (Å²) in [7, 11) is -0.268. The van der Waals surface area contributed by atoms with Gasteiger partial charge < -0.3 is 10.1 Å². The molecule has 1 aromatic carbocycles. The van der Waals surface area contributed by atoms with Crippen molar-refractivity contribution in [1.82, 2.24) is 5.32 Å². The lowest BCUT2D eigenvalue weighted by molar-refractivity contribution is 0.0905. The van der Waals surface area contributed by atoms with E-state index >= 15 is 0 Å². The minimum atomic E-state index is -3.30. The fourth-order valence-electron chi connectivity index (χ4n) is 1.61. The minimum absolute atomic E-state index is 0.0918. The van der Waals surface area contributed by atoms with Crippen LogP contribution < -0.4 is 9.62 Å². The Kier molecular flexibility index (Phi) is 5.52. The Hall–Kier alpha value is -1.60. The summed E-state index contributed by atoms with van der Waals surface area (Å²) in [4.78, 5) is 11.9. The van der Waals surface area contributed by atoms with Crippen molar-refractivity contribution in [3.05, 3.63) is 29.8 Å². The van der Waals surface area contributed by atoms with E-state index in [1.165, 1.54) is 7.05 Å². The molecule has 0 fully saturated rings. The first kappa shape index (κ1) is 16.5. The van der Waals surface area contributed by atoms with Crippen LogP contribution in [-0.4, -0.2) is 47.4 Å². The summed E-state index contributed by atoms with van der Waals surface area (Å²) in [5.74, 6) is -0.219. The average molecular weight is 300 g/mol. The predicted molar refractivity (Wildman–Crippen MR) is 78.5 cm³/mol. The lowest BCUT2D eigenvalue weighted by atomic mass is 10.2. The van der Waals surface area contributed by atoms with Crippen molar-refractivity contribution < 1.29 is 17.9 Å². The standard InChI is InChI=1S/C13H20N2O4S/c1-10(9-19-3)14-13(16)11-5-7-12(8-6-11)15(2)20(4,17)18/h5-8,10H,9H2,1-4H3,(H,14,16).